The van der Waals surface area contributed by atoms with E-state index in [9.17, 15) is 9.18 Å². The van der Waals surface area contributed by atoms with Crippen molar-refractivity contribution >= 4 is 5.97 Å². The highest BCUT2D eigenvalue weighted by Crippen LogP contribution is 2.12. The molecule has 0 amide bonds. The summed E-state index contributed by atoms with van der Waals surface area (Å²) in [6.07, 6.45) is -2.12. The average Bonchev–Trinajstić information content (AvgIpc) is 2.47. The van der Waals surface area contributed by atoms with E-state index in [1.807, 2.05) is 18.2 Å². The number of hydrogen-bond donors (Lipinski definition) is 0. The molecule has 19 heavy (non-hydrogen) atoms. The summed E-state index contributed by atoms with van der Waals surface area (Å²) >= 11 is 0. The van der Waals surface area contributed by atoms with E-state index in [4.69, 9.17) is 9.47 Å². The van der Waals surface area contributed by atoms with Gasteiger partial charge in [0.2, 0.25) is 0 Å². The maximum atomic E-state index is 13.5. The van der Waals surface area contributed by atoms with E-state index in [0.717, 1.165) is 5.56 Å². The van der Waals surface area contributed by atoms with Gasteiger partial charge in [0, 0.05) is 0 Å². The summed E-state index contributed by atoms with van der Waals surface area (Å²) in [7, 11) is 0. The van der Waals surface area contributed by atoms with Crippen LogP contribution in [0.4, 0.5) is 4.39 Å². The van der Waals surface area contributed by atoms with Crippen molar-refractivity contribution in [3.05, 3.63) is 66.2 Å². The van der Waals surface area contributed by atoms with Crippen LogP contribution in [-0.4, -0.2) is 12.3 Å². The SMILES string of the molecule is O=C(OCc1ccccc1)C(F)Oc1ccccc1. The second-order valence-electron chi connectivity index (χ2n) is 3.84. The fourth-order valence-corrected chi connectivity index (χ4v) is 1.46. The molecule has 1 unspecified atom stereocenters. The minimum Gasteiger partial charge on any atom is -0.456 e. The summed E-state index contributed by atoms with van der Waals surface area (Å²) < 4.78 is 23.1. The lowest BCUT2D eigenvalue weighted by atomic mass is 10.2. The van der Waals surface area contributed by atoms with Gasteiger partial charge in [-0.15, -0.1) is 0 Å². The van der Waals surface area contributed by atoms with Crippen molar-refractivity contribution < 1.29 is 18.7 Å². The Hall–Kier alpha value is -2.36. The maximum Gasteiger partial charge on any atom is 0.381 e. The summed E-state index contributed by atoms with van der Waals surface area (Å²) in [5, 5.41) is 0. The van der Waals surface area contributed by atoms with Gasteiger partial charge in [-0.3, -0.25) is 0 Å². The first-order valence-corrected chi connectivity index (χ1v) is 5.82. The number of carbonyl (C=O) groups excluding carboxylic acids is 1. The van der Waals surface area contributed by atoms with E-state index < -0.39 is 12.3 Å². The fraction of sp³-hybridized carbons (Fsp3) is 0.133. The molecule has 2 aromatic carbocycles. The second-order valence-corrected chi connectivity index (χ2v) is 3.84. The zero-order valence-electron chi connectivity index (χ0n) is 10.2. The lowest BCUT2D eigenvalue weighted by Gasteiger charge is -2.11. The third kappa shape index (κ3) is 4.10. The third-order valence-corrected chi connectivity index (χ3v) is 2.39. The topological polar surface area (TPSA) is 35.5 Å². The van der Waals surface area contributed by atoms with Crippen molar-refractivity contribution in [2.75, 3.05) is 0 Å². The molecule has 98 valence electrons. The molecule has 0 fully saturated rings. The zero-order chi connectivity index (χ0) is 13.5. The normalized spacial score (nSPS) is 11.6. The van der Waals surface area contributed by atoms with Crippen molar-refractivity contribution in [2.24, 2.45) is 0 Å². The average molecular weight is 260 g/mol. The first kappa shape index (κ1) is 13.1. The highest BCUT2D eigenvalue weighted by Gasteiger charge is 2.20. The van der Waals surface area contributed by atoms with E-state index in [1.54, 1.807) is 42.5 Å². The molecule has 0 saturated heterocycles. The number of carbonyl (C=O) groups is 1. The van der Waals surface area contributed by atoms with Crippen LogP contribution in [0.25, 0.3) is 0 Å². The van der Waals surface area contributed by atoms with Crippen LogP contribution in [-0.2, 0) is 16.1 Å². The van der Waals surface area contributed by atoms with E-state index in [1.165, 1.54) is 0 Å². The van der Waals surface area contributed by atoms with Crippen LogP contribution in [0.15, 0.2) is 60.7 Å². The molecule has 3 nitrogen and oxygen atoms in total. The number of esters is 1. The number of halogens is 1. The van der Waals surface area contributed by atoms with Gasteiger partial charge < -0.3 is 9.47 Å². The van der Waals surface area contributed by atoms with Crippen molar-refractivity contribution in [2.45, 2.75) is 13.0 Å². The van der Waals surface area contributed by atoms with E-state index in [2.05, 4.69) is 0 Å². The van der Waals surface area contributed by atoms with E-state index in [-0.39, 0.29) is 12.4 Å². The van der Waals surface area contributed by atoms with Gasteiger partial charge in [-0.25, -0.2) is 4.79 Å². The molecule has 1 atom stereocenters. The Morgan fingerprint density at radius 1 is 1.00 bits per heavy atom. The largest absolute Gasteiger partial charge is 0.456 e. The number of rotatable bonds is 5. The molecule has 2 aromatic rings. The fourth-order valence-electron chi connectivity index (χ4n) is 1.46. The molecule has 0 heterocycles. The van der Waals surface area contributed by atoms with Crippen molar-refractivity contribution in [1.82, 2.24) is 0 Å². The Kier molecular flexibility index (Phi) is 4.50. The standard InChI is InChI=1S/C15H13FO3/c16-14(19-13-9-5-2-6-10-13)15(17)18-11-12-7-3-1-4-8-12/h1-10,14H,11H2. The van der Waals surface area contributed by atoms with E-state index >= 15 is 0 Å². The highest BCUT2D eigenvalue weighted by molar-refractivity contribution is 5.73. The predicted octanol–water partition coefficient (Wildman–Crippen LogP) is 3.10. The van der Waals surface area contributed by atoms with Crippen LogP contribution < -0.4 is 4.74 Å². The van der Waals surface area contributed by atoms with Gasteiger partial charge >= 0.3 is 12.3 Å². The van der Waals surface area contributed by atoms with Gasteiger partial charge in [-0.1, -0.05) is 48.5 Å². The molecule has 0 aromatic heterocycles. The Labute approximate surface area is 110 Å². The minimum absolute atomic E-state index is 0.0260. The monoisotopic (exact) mass is 260 g/mol. The lowest BCUT2D eigenvalue weighted by Crippen LogP contribution is -2.24. The number of ether oxygens (including phenoxy) is 2. The number of hydrogen-bond acceptors (Lipinski definition) is 3. The van der Waals surface area contributed by atoms with Crippen LogP contribution in [0.1, 0.15) is 5.56 Å². The van der Waals surface area contributed by atoms with Crippen LogP contribution >= 0.6 is 0 Å². The van der Waals surface area contributed by atoms with Gasteiger partial charge in [0.05, 0.1) is 0 Å². The van der Waals surface area contributed by atoms with Gasteiger partial charge in [0.25, 0.3) is 0 Å². The maximum absolute atomic E-state index is 13.5. The first-order chi connectivity index (χ1) is 9.25. The Morgan fingerprint density at radius 2 is 1.58 bits per heavy atom. The molecule has 0 bridgehead atoms. The summed E-state index contributed by atoms with van der Waals surface area (Å²) in [5.74, 6) is -0.751. The molecule has 4 heteroatoms. The predicted molar refractivity (Wildman–Crippen MR) is 68.2 cm³/mol. The summed E-state index contributed by atoms with van der Waals surface area (Å²) in [5.41, 5.74) is 0.794. The van der Waals surface area contributed by atoms with Crippen LogP contribution in [0.5, 0.6) is 5.75 Å². The second kappa shape index (κ2) is 6.54. The Morgan fingerprint density at radius 3 is 2.21 bits per heavy atom. The molecular formula is C15H13FO3. The molecule has 0 aliphatic carbocycles. The first-order valence-electron chi connectivity index (χ1n) is 5.82. The quantitative estimate of drug-likeness (QED) is 0.775. The molecule has 0 aliphatic rings. The third-order valence-electron chi connectivity index (χ3n) is 2.39. The molecule has 0 radical (unpaired) electrons. The summed E-state index contributed by atoms with van der Waals surface area (Å²) in [6, 6.07) is 17.3. The molecule has 0 aliphatic heterocycles. The molecular weight excluding hydrogens is 247 g/mol. The molecule has 0 saturated carbocycles. The van der Waals surface area contributed by atoms with Gasteiger partial charge in [0.1, 0.15) is 12.4 Å². The van der Waals surface area contributed by atoms with Crippen LogP contribution in [0.2, 0.25) is 0 Å². The zero-order valence-corrected chi connectivity index (χ0v) is 10.2. The molecule has 2 rings (SSSR count). The van der Waals surface area contributed by atoms with Crippen molar-refractivity contribution in [3.8, 4) is 5.75 Å². The van der Waals surface area contributed by atoms with Crippen molar-refractivity contribution in [1.29, 1.82) is 0 Å². The van der Waals surface area contributed by atoms with E-state index in [0.29, 0.717) is 0 Å². The summed E-state index contributed by atoms with van der Waals surface area (Å²) in [4.78, 5) is 11.4. The van der Waals surface area contributed by atoms with Gasteiger partial charge in [-0.05, 0) is 17.7 Å². The number of alkyl halides is 1. The molecule has 0 N–H and O–H groups in total. The lowest BCUT2D eigenvalue weighted by molar-refractivity contribution is -0.161. The van der Waals surface area contributed by atoms with Crippen LogP contribution in [0.3, 0.4) is 0 Å². The smallest absolute Gasteiger partial charge is 0.381 e. The van der Waals surface area contributed by atoms with Crippen molar-refractivity contribution in [3.63, 3.8) is 0 Å². The highest BCUT2D eigenvalue weighted by atomic mass is 19.1. The van der Waals surface area contributed by atoms with Gasteiger partial charge in [-0.2, -0.15) is 4.39 Å². The van der Waals surface area contributed by atoms with Gasteiger partial charge in [0.15, 0.2) is 0 Å². The Balaban J connectivity index is 1.83. The summed E-state index contributed by atoms with van der Waals surface area (Å²) in [6.45, 7) is 0.0260. The molecule has 0 spiro atoms. The minimum atomic E-state index is -2.12. The number of benzene rings is 2. The Bertz CT molecular complexity index is 513. The number of para-hydroxylation sites is 1. The van der Waals surface area contributed by atoms with Crippen LogP contribution in [0, 0.1) is 0 Å².